The third kappa shape index (κ3) is 5.45. The maximum absolute atomic E-state index is 13.6. The quantitative estimate of drug-likeness (QED) is 0.618. The molecule has 9 heteroatoms. The van der Waals surface area contributed by atoms with Gasteiger partial charge in [0.05, 0.1) is 18.8 Å². The van der Waals surface area contributed by atoms with E-state index in [9.17, 15) is 14.4 Å². The van der Waals surface area contributed by atoms with Gasteiger partial charge in [-0.15, -0.1) is 0 Å². The number of thiazole rings is 1. The SMILES string of the molecule is CCOC(=O)c1sc(N(Cc2ccccc2)C(=O)C2CCN(C(=O)N(C)C)CC2)nc1C. The lowest BCUT2D eigenvalue weighted by atomic mass is 9.95. The number of esters is 1. The number of aryl methyl sites for hydroxylation is 1. The molecule has 2 aromatic rings. The van der Waals surface area contributed by atoms with Crippen molar-refractivity contribution in [2.45, 2.75) is 33.2 Å². The van der Waals surface area contributed by atoms with Gasteiger partial charge >= 0.3 is 12.0 Å². The molecule has 0 radical (unpaired) electrons. The summed E-state index contributed by atoms with van der Waals surface area (Å²) in [7, 11) is 3.46. The van der Waals surface area contributed by atoms with Crippen LogP contribution in [-0.4, -0.2) is 66.5 Å². The minimum atomic E-state index is -0.420. The summed E-state index contributed by atoms with van der Waals surface area (Å²) in [6.07, 6.45) is 1.19. The van der Waals surface area contributed by atoms with Gasteiger partial charge in [-0.1, -0.05) is 41.7 Å². The molecular formula is C23H30N4O4S. The second-order valence-electron chi connectivity index (χ2n) is 7.98. The van der Waals surface area contributed by atoms with Gasteiger partial charge in [0.1, 0.15) is 4.88 Å². The number of aromatic nitrogens is 1. The molecule has 0 saturated carbocycles. The van der Waals surface area contributed by atoms with Crippen LogP contribution in [0.5, 0.6) is 0 Å². The Hall–Kier alpha value is -2.94. The number of likely N-dealkylation sites (tertiary alicyclic amines) is 1. The largest absolute Gasteiger partial charge is 0.462 e. The zero-order chi connectivity index (χ0) is 23.3. The van der Waals surface area contributed by atoms with Crippen molar-refractivity contribution in [3.05, 3.63) is 46.5 Å². The second kappa shape index (κ2) is 10.6. The average Bonchev–Trinajstić information content (AvgIpc) is 3.18. The van der Waals surface area contributed by atoms with Crippen molar-refractivity contribution < 1.29 is 19.1 Å². The minimum absolute atomic E-state index is 0.0324. The molecule has 1 aliphatic heterocycles. The number of benzene rings is 1. The van der Waals surface area contributed by atoms with Crippen molar-refractivity contribution in [3.8, 4) is 0 Å². The molecule has 3 rings (SSSR count). The number of carbonyl (C=O) groups is 3. The van der Waals surface area contributed by atoms with Crippen LogP contribution in [0.15, 0.2) is 30.3 Å². The number of anilines is 1. The normalized spacial score (nSPS) is 14.2. The third-order valence-corrected chi connectivity index (χ3v) is 6.58. The van der Waals surface area contributed by atoms with E-state index >= 15 is 0 Å². The number of urea groups is 1. The average molecular weight is 459 g/mol. The molecule has 1 aromatic carbocycles. The van der Waals surface area contributed by atoms with Gasteiger partial charge in [0.25, 0.3) is 0 Å². The predicted molar refractivity (Wildman–Crippen MR) is 124 cm³/mol. The smallest absolute Gasteiger partial charge is 0.350 e. The molecule has 3 amide bonds. The Morgan fingerprint density at radius 2 is 1.81 bits per heavy atom. The number of rotatable bonds is 6. The Morgan fingerprint density at radius 3 is 2.41 bits per heavy atom. The van der Waals surface area contributed by atoms with Crippen LogP contribution < -0.4 is 4.90 Å². The van der Waals surface area contributed by atoms with Crippen LogP contribution in [-0.2, 0) is 16.1 Å². The molecule has 0 atom stereocenters. The van der Waals surface area contributed by atoms with E-state index in [1.54, 1.807) is 42.6 Å². The maximum Gasteiger partial charge on any atom is 0.350 e. The molecule has 8 nitrogen and oxygen atoms in total. The van der Waals surface area contributed by atoms with E-state index in [1.807, 2.05) is 30.3 Å². The lowest BCUT2D eigenvalue weighted by Gasteiger charge is -2.34. The highest BCUT2D eigenvalue weighted by atomic mass is 32.1. The number of amides is 3. The van der Waals surface area contributed by atoms with E-state index in [0.29, 0.717) is 48.2 Å². The van der Waals surface area contributed by atoms with E-state index in [4.69, 9.17) is 4.74 Å². The molecule has 1 aliphatic rings. The number of piperidine rings is 1. The third-order valence-electron chi connectivity index (χ3n) is 5.42. The Balaban J connectivity index is 1.82. The van der Waals surface area contributed by atoms with Crippen molar-refractivity contribution in [2.24, 2.45) is 5.92 Å². The van der Waals surface area contributed by atoms with E-state index in [-0.39, 0.29) is 24.5 Å². The van der Waals surface area contributed by atoms with Crippen molar-refractivity contribution in [2.75, 3.05) is 38.7 Å². The fourth-order valence-electron chi connectivity index (χ4n) is 3.71. The fourth-order valence-corrected chi connectivity index (χ4v) is 4.68. The van der Waals surface area contributed by atoms with Gasteiger partial charge in [-0.05, 0) is 32.3 Å². The lowest BCUT2D eigenvalue weighted by molar-refractivity contribution is -0.123. The number of hydrogen-bond acceptors (Lipinski definition) is 6. The molecule has 2 heterocycles. The molecule has 0 unspecified atom stereocenters. The van der Waals surface area contributed by atoms with Crippen molar-refractivity contribution in [3.63, 3.8) is 0 Å². The standard InChI is InChI=1S/C23H30N4O4S/c1-5-31-21(29)19-16(2)24-22(32-19)27(15-17-9-7-6-8-10-17)20(28)18-11-13-26(14-12-18)23(30)25(3)4/h6-10,18H,5,11-15H2,1-4H3. The van der Waals surface area contributed by atoms with Crippen LogP contribution >= 0.6 is 11.3 Å². The number of carbonyl (C=O) groups excluding carboxylic acids is 3. The van der Waals surface area contributed by atoms with Gasteiger partial charge < -0.3 is 14.5 Å². The topological polar surface area (TPSA) is 83.0 Å². The first-order valence-electron chi connectivity index (χ1n) is 10.8. The van der Waals surface area contributed by atoms with Gasteiger partial charge in [0.2, 0.25) is 5.91 Å². The number of ether oxygens (including phenoxy) is 1. The Kier molecular flexibility index (Phi) is 7.84. The Bertz CT molecular complexity index is 952. The van der Waals surface area contributed by atoms with Gasteiger partial charge in [-0.3, -0.25) is 9.69 Å². The summed E-state index contributed by atoms with van der Waals surface area (Å²) >= 11 is 1.18. The lowest BCUT2D eigenvalue weighted by Crippen LogP contribution is -2.47. The van der Waals surface area contributed by atoms with Crippen LogP contribution in [0.4, 0.5) is 9.93 Å². The van der Waals surface area contributed by atoms with E-state index in [0.717, 1.165) is 5.56 Å². The highest BCUT2D eigenvalue weighted by Crippen LogP contribution is 2.31. The molecule has 1 fully saturated rings. The molecule has 0 aliphatic carbocycles. The van der Waals surface area contributed by atoms with Crippen LogP contribution in [0.3, 0.4) is 0 Å². The summed E-state index contributed by atoms with van der Waals surface area (Å²) in [5, 5.41) is 0.492. The van der Waals surface area contributed by atoms with Crippen molar-refractivity contribution >= 4 is 34.4 Å². The van der Waals surface area contributed by atoms with E-state index in [1.165, 1.54) is 11.3 Å². The van der Waals surface area contributed by atoms with Crippen molar-refractivity contribution in [1.29, 1.82) is 0 Å². The van der Waals surface area contributed by atoms with Gasteiger partial charge in [0, 0.05) is 33.1 Å². The summed E-state index contributed by atoms with van der Waals surface area (Å²) in [6, 6.07) is 9.68. The summed E-state index contributed by atoms with van der Waals surface area (Å²) in [5.74, 6) is -0.661. The van der Waals surface area contributed by atoms with Gasteiger partial charge in [-0.2, -0.15) is 0 Å². The molecule has 0 N–H and O–H groups in total. The fraction of sp³-hybridized carbons (Fsp3) is 0.478. The number of nitrogens with zero attached hydrogens (tertiary/aromatic N) is 4. The maximum atomic E-state index is 13.6. The summed E-state index contributed by atoms with van der Waals surface area (Å²) in [5.41, 5.74) is 1.53. The highest BCUT2D eigenvalue weighted by Gasteiger charge is 2.33. The first-order valence-corrected chi connectivity index (χ1v) is 11.6. The van der Waals surface area contributed by atoms with Crippen LogP contribution in [0.1, 0.15) is 40.7 Å². The number of hydrogen-bond donors (Lipinski definition) is 0. The highest BCUT2D eigenvalue weighted by molar-refractivity contribution is 7.17. The zero-order valence-electron chi connectivity index (χ0n) is 19.0. The Labute approximate surface area is 192 Å². The molecule has 1 saturated heterocycles. The molecule has 172 valence electrons. The van der Waals surface area contributed by atoms with Gasteiger partial charge in [-0.25, -0.2) is 14.6 Å². The molecule has 32 heavy (non-hydrogen) atoms. The van der Waals surface area contributed by atoms with Crippen LogP contribution in [0.2, 0.25) is 0 Å². The van der Waals surface area contributed by atoms with Crippen LogP contribution in [0, 0.1) is 12.8 Å². The molecule has 1 aromatic heterocycles. The molecule has 0 spiro atoms. The monoisotopic (exact) mass is 458 g/mol. The zero-order valence-corrected chi connectivity index (χ0v) is 19.9. The first-order chi connectivity index (χ1) is 15.3. The molecule has 0 bridgehead atoms. The predicted octanol–water partition coefficient (Wildman–Crippen LogP) is 3.56. The van der Waals surface area contributed by atoms with Gasteiger partial charge in [0.15, 0.2) is 5.13 Å². The van der Waals surface area contributed by atoms with Crippen LogP contribution in [0.25, 0.3) is 0 Å². The van der Waals surface area contributed by atoms with E-state index in [2.05, 4.69) is 4.98 Å². The second-order valence-corrected chi connectivity index (χ2v) is 8.96. The first kappa shape index (κ1) is 23.7. The summed E-state index contributed by atoms with van der Waals surface area (Å²) in [6.45, 7) is 5.24. The summed E-state index contributed by atoms with van der Waals surface area (Å²) < 4.78 is 5.14. The van der Waals surface area contributed by atoms with Crippen molar-refractivity contribution in [1.82, 2.24) is 14.8 Å². The minimum Gasteiger partial charge on any atom is -0.462 e. The van der Waals surface area contributed by atoms with E-state index < -0.39 is 5.97 Å². The Morgan fingerprint density at radius 1 is 1.16 bits per heavy atom. The molecular weight excluding hydrogens is 428 g/mol. The summed E-state index contributed by atoms with van der Waals surface area (Å²) in [4.78, 5) is 48.1.